The summed E-state index contributed by atoms with van der Waals surface area (Å²) in [5.41, 5.74) is 1.31. The summed E-state index contributed by atoms with van der Waals surface area (Å²) in [7, 11) is 0. The fourth-order valence-corrected chi connectivity index (χ4v) is 2.97. The second kappa shape index (κ2) is 9.77. The normalized spacial score (nSPS) is 11.7. The van der Waals surface area contributed by atoms with Crippen LogP contribution in [0.3, 0.4) is 0 Å². The molecule has 0 saturated carbocycles. The van der Waals surface area contributed by atoms with Gasteiger partial charge in [-0.2, -0.15) is 13.2 Å². The molecule has 0 atom stereocenters. The monoisotopic (exact) mass is 451 g/mol. The molecule has 1 aromatic heterocycles. The number of amides is 2. The van der Waals surface area contributed by atoms with Gasteiger partial charge >= 0.3 is 6.18 Å². The van der Waals surface area contributed by atoms with E-state index >= 15 is 0 Å². The zero-order valence-electron chi connectivity index (χ0n) is 17.1. The van der Waals surface area contributed by atoms with Crippen LogP contribution in [-0.4, -0.2) is 46.3 Å². The molecular weight excluding hydrogens is 430 g/mol. The summed E-state index contributed by atoms with van der Waals surface area (Å²) < 4.78 is 51.2. The molecule has 2 aromatic carbocycles. The molecule has 0 aliphatic rings. The molecular formula is C21H21F4N5O2. The van der Waals surface area contributed by atoms with Crippen molar-refractivity contribution in [2.75, 3.05) is 25.0 Å². The van der Waals surface area contributed by atoms with E-state index < -0.39 is 17.9 Å². The Kier molecular flexibility index (Phi) is 7.08. The second-order valence-electron chi connectivity index (χ2n) is 7.07. The molecule has 1 heterocycles. The molecule has 170 valence electrons. The zero-order chi connectivity index (χ0) is 23.3. The molecule has 11 heteroatoms. The smallest absolute Gasteiger partial charge is 0.351 e. The molecule has 0 bridgehead atoms. The first-order valence-corrected chi connectivity index (χ1v) is 9.74. The van der Waals surface area contributed by atoms with E-state index in [1.807, 2.05) is 0 Å². The van der Waals surface area contributed by atoms with Gasteiger partial charge in [-0.1, -0.05) is 19.1 Å². The number of benzene rings is 2. The van der Waals surface area contributed by atoms with Crippen molar-refractivity contribution in [1.82, 2.24) is 20.2 Å². The lowest BCUT2D eigenvalue weighted by Crippen LogP contribution is -2.40. The van der Waals surface area contributed by atoms with Crippen LogP contribution < -0.4 is 10.6 Å². The predicted octanol–water partition coefficient (Wildman–Crippen LogP) is 3.30. The fraction of sp³-hybridized carbons (Fsp3) is 0.286. The Morgan fingerprint density at radius 2 is 1.75 bits per heavy atom. The molecule has 7 nitrogen and oxygen atoms in total. The average Bonchev–Trinajstić information content (AvgIpc) is 3.17. The van der Waals surface area contributed by atoms with Crippen LogP contribution in [0.1, 0.15) is 18.3 Å². The Morgan fingerprint density at radius 3 is 2.41 bits per heavy atom. The van der Waals surface area contributed by atoms with Gasteiger partial charge in [-0.15, -0.1) is 0 Å². The minimum atomic E-state index is -4.60. The number of nitrogens with zero attached hydrogens (tertiary/aromatic N) is 2. The lowest BCUT2D eigenvalue weighted by molar-refractivity contribution is -0.144. The highest BCUT2D eigenvalue weighted by Crippen LogP contribution is 2.29. The largest absolute Gasteiger partial charge is 0.449 e. The van der Waals surface area contributed by atoms with Crippen LogP contribution in [0.2, 0.25) is 0 Å². The highest BCUT2D eigenvalue weighted by Gasteiger charge is 2.34. The third-order valence-electron chi connectivity index (χ3n) is 4.62. The number of likely N-dealkylation sites (N-methyl/N-ethyl adjacent to an activating group) is 1. The van der Waals surface area contributed by atoms with Gasteiger partial charge in [0.2, 0.25) is 17.6 Å². The molecule has 2 amide bonds. The van der Waals surface area contributed by atoms with Crippen LogP contribution in [0.5, 0.6) is 0 Å². The number of aromatic nitrogens is 2. The number of hydrogen-bond donors (Lipinski definition) is 3. The van der Waals surface area contributed by atoms with Gasteiger partial charge in [-0.05, 0) is 42.4 Å². The number of aromatic amines is 1. The van der Waals surface area contributed by atoms with Crippen molar-refractivity contribution in [3.05, 3.63) is 59.7 Å². The van der Waals surface area contributed by atoms with E-state index in [9.17, 15) is 27.2 Å². The maximum absolute atomic E-state index is 12.9. The number of carbonyl (C=O) groups excluding carboxylic acids is 2. The highest BCUT2D eigenvalue weighted by molar-refractivity contribution is 5.94. The number of hydrogen-bond acceptors (Lipinski definition) is 4. The first-order valence-electron chi connectivity index (χ1n) is 9.74. The van der Waals surface area contributed by atoms with Gasteiger partial charge in [0.25, 0.3) is 0 Å². The van der Waals surface area contributed by atoms with Gasteiger partial charge in [0.1, 0.15) is 5.82 Å². The van der Waals surface area contributed by atoms with Crippen LogP contribution in [-0.2, 0) is 22.3 Å². The topological polar surface area (TPSA) is 90.1 Å². The van der Waals surface area contributed by atoms with Crippen LogP contribution in [0.15, 0.2) is 42.5 Å². The van der Waals surface area contributed by atoms with Crippen LogP contribution in [0.4, 0.5) is 23.2 Å². The van der Waals surface area contributed by atoms with Crippen LogP contribution >= 0.6 is 0 Å². The molecule has 0 aliphatic heterocycles. The average molecular weight is 451 g/mol. The van der Waals surface area contributed by atoms with Crippen LogP contribution in [0.25, 0.3) is 11.0 Å². The lowest BCUT2D eigenvalue weighted by atomic mass is 10.2. The predicted molar refractivity (Wildman–Crippen MR) is 110 cm³/mol. The number of H-pyrrole nitrogens is 1. The molecule has 0 spiro atoms. The molecule has 0 aliphatic carbocycles. The van der Waals surface area contributed by atoms with E-state index in [2.05, 4.69) is 20.6 Å². The molecule has 3 N–H and O–H groups in total. The zero-order valence-corrected chi connectivity index (χ0v) is 17.1. The minimum Gasteiger partial charge on any atom is -0.351 e. The molecule has 0 radical (unpaired) electrons. The van der Waals surface area contributed by atoms with Gasteiger partial charge in [-0.25, -0.2) is 9.37 Å². The van der Waals surface area contributed by atoms with E-state index in [1.165, 1.54) is 30.3 Å². The lowest BCUT2D eigenvalue weighted by Gasteiger charge is -2.19. The summed E-state index contributed by atoms with van der Waals surface area (Å²) >= 11 is 0. The Labute approximate surface area is 180 Å². The van der Waals surface area contributed by atoms with Gasteiger partial charge in [-0.3, -0.25) is 14.5 Å². The summed E-state index contributed by atoms with van der Waals surface area (Å²) in [6, 6.07) is 9.92. The van der Waals surface area contributed by atoms with Crippen molar-refractivity contribution >= 4 is 28.5 Å². The van der Waals surface area contributed by atoms with Crippen LogP contribution in [0, 0.1) is 5.82 Å². The number of rotatable bonds is 8. The Hall–Kier alpha value is -3.47. The maximum Gasteiger partial charge on any atom is 0.449 e. The SMILES string of the molecule is CCN(CC(=O)NCc1ccc(F)cc1)CC(=O)Nc1ccc2nc(C(F)(F)F)[nH]c2c1. The van der Waals surface area contributed by atoms with Crippen molar-refractivity contribution in [3.8, 4) is 0 Å². The van der Waals surface area contributed by atoms with E-state index in [4.69, 9.17) is 0 Å². The van der Waals surface area contributed by atoms with Gasteiger partial charge in [0.05, 0.1) is 24.1 Å². The fourth-order valence-electron chi connectivity index (χ4n) is 2.97. The molecule has 0 saturated heterocycles. The summed E-state index contributed by atoms with van der Waals surface area (Å²) in [6.07, 6.45) is -4.60. The quantitative estimate of drug-likeness (QED) is 0.459. The van der Waals surface area contributed by atoms with E-state index in [1.54, 1.807) is 24.0 Å². The second-order valence-corrected chi connectivity index (χ2v) is 7.07. The summed E-state index contributed by atoms with van der Waals surface area (Å²) in [4.78, 5) is 31.8. The number of nitrogens with one attached hydrogen (secondary N) is 3. The third kappa shape index (κ3) is 6.27. The Bertz CT molecular complexity index is 1100. The number of halogens is 4. The number of anilines is 1. The first kappa shape index (κ1) is 23.2. The molecule has 3 rings (SSSR count). The number of imidazole rings is 1. The molecule has 0 fully saturated rings. The number of carbonyl (C=O) groups is 2. The van der Waals surface area contributed by atoms with Crippen molar-refractivity contribution in [2.24, 2.45) is 0 Å². The Balaban J connectivity index is 1.53. The molecule has 3 aromatic rings. The van der Waals surface area contributed by atoms with Gasteiger partial charge in [0, 0.05) is 12.2 Å². The Morgan fingerprint density at radius 1 is 1.06 bits per heavy atom. The van der Waals surface area contributed by atoms with Crippen molar-refractivity contribution < 1.29 is 27.2 Å². The molecule has 32 heavy (non-hydrogen) atoms. The van der Waals surface area contributed by atoms with Gasteiger partial charge < -0.3 is 15.6 Å². The molecule has 0 unspecified atom stereocenters. The minimum absolute atomic E-state index is 0.0281. The highest BCUT2D eigenvalue weighted by atomic mass is 19.4. The summed E-state index contributed by atoms with van der Waals surface area (Å²) in [6.45, 7) is 2.32. The summed E-state index contributed by atoms with van der Waals surface area (Å²) in [5, 5.41) is 5.31. The van der Waals surface area contributed by atoms with E-state index in [0.29, 0.717) is 12.2 Å². The van der Waals surface area contributed by atoms with E-state index in [-0.39, 0.29) is 42.4 Å². The standard InChI is InChI=1S/C21H21F4N5O2/c1-2-30(11-18(31)26-10-13-3-5-14(22)6-4-13)12-19(32)27-15-7-8-16-17(9-15)29-20(28-16)21(23,24)25/h3-9H,2,10-12H2,1H3,(H,26,31)(H,27,32)(H,28,29). The number of fused-ring (bicyclic) bond motifs is 1. The van der Waals surface area contributed by atoms with Gasteiger partial charge in [0.15, 0.2) is 0 Å². The maximum atomic E-state index is 12.9. The summed E-state index contributed by atoms with van der Waals surface area (Å²) in [5.74, 6) is -2.20. The van der Waals surface area contributed by atoms with Crippen molar-refractivity contribution in [2.45, 2.75) is 19.6 Å². The third-order valence-corrected chi connectivity index (χ3v) is 4.62. The van der Waals surface area contributed by atoms with E-state index in [0.717, 1.165) is 5.56 Å². The first-order chi connectivity index (χ1) is 15.1. The van der Waals surface area contributed by atoms with Crippen molar-refractivity contribution in [3.63, 3.8) is 0 Å². The van der Waals surface area contributed by atoms with Crippen molar-refractivity contribution in [1.29, 1.82) is 0 Å². The number of alkyl halides is 3.